The van der Waals surface area contributed by atoms with E-state index in [4.69, 9.17) is 22.1 Å². The van der Waals surface area contributed by atoms with Gasteiger partial charge in [0.1, 0.15) is 18.4 Å². The summed E-state index contributed by atoms with van der Waals surface area (Å²) < 4.78 is 5.18. The Labute approximate surface area is 122 Å². The van der Waals surface area contributed by atoms with Gasteiger partial charge in [-0.15, -0.1) is 6.42 Å². The Morgan fingerprint density at radius 2 is 2.05 bits per heavy atom. The molecule has 2 amide bonds. The van der Waals surface area contributed by atoms with Crippen molar-refractivity contribution in [3.63, 3.8) is 0 Å². The van der Waals surface area contributed by atoms with E-state index >= 15 is 0 Å². The Hall–Kier alpha value is -2.56. The van der Waals surface area contributed by atoms with Crippen LogP contribution in [0.15, 0.2) is 24.3 Å². The van der Waals surface area contributed by atoms with Crippen molar-refractivity contribution < 1.29 is 19.5 Å². The Kier molecular flexibility index (Phi) is 6.20. The lowest BCUT2D eigenvalue weighted by molar-refractivity contribution is -0.131. The van der Waals surface area contributed by atoms with Crippen LogP contribution < -0.4 is 21.3 Å². The van der Waals surface area contributed by atoms with E-state index in [1.54, 1.807) is 12.1 Å². The minimum absolute atomic E-state index is 0.134. The minimum Gasteiger partial charge on any atom is -0.481 e. The van der Waals surface area contributed by atoms with E-state index in [0.717, 1.165) is 0 Å². The molecule has 0 aliphatic heterocycles. The van der Waals surface area contributed by atoms with Gasteiger partial charge in [-0.05, 0) is 31.2 Å². The van der Waals surface area contributed by atoms with E-state index < -0.39 is 23.9 Å². The van der Waals surface area contributed by atoms with Crippen molar-refractivity contribution in [2.45, 2.75) is 19.0 Å². The normalized spacial score (nSPS) is 12.7. The van der Waals surface area contributed by atoms with Crippen LogP contribution in [-0.2, 0) is 4.79 Å². The number of rotatable bonds is 6. The molecule has 0 spiro atoms. The summed E-state index contributed by atoms with van der Waals surface area (Å²) in [7, 11) is 0. The second-order valence-corrected chi connectivity index (χ2v) is 4.30. The average Bonchev–Trinajstić information content (AvgIpc) is 2.49. The molecular weight excluding hydrogens is 274 g/mol. The number of terminal acetylenes is 1. The number of hydrogen-bond donors (Lipinski definition) is 4. The Bertz CT molecular complexity index is 534. The van der Waals surface area contributed by atoms with Crippen LogP contribution in [0.4, 0.5) is 0 Å². The van der Waals surface area contributed by atoms with E-state index in [2.05, 4.69) is 11.2 Å². The molecule has 0 aromatic heterocycles. The van der Waals surface area contributed by atoms with Gasteiger partial charge >= 0.3 is 0 Å². The van der Waals surface area contributed by atoms with Crippen molar-refractivity contribution in [3.05, 3.63) is 29.8 Å². The molecule has 7 heteroatoms. The number of amides is 2. The Morgan fingerprint density at radius 1 is 1.43 bits per heavy atom. The quantitative estimate of drug-likeness (QED) is 0.325. The zero-order valence-corrected chi connectivity index (χ0v) is 11.5. The van der Waals surface area contributed by atoms with Gasteiger partial charge < -0.3 is 15.8 Å². The largest absolute Gasteiger partial charge is 0.481 e. The number of benzene rings is 1. The van der Waals surface area contributed by atoms with Crippen LogP contribution in [0.2, 0.25) is 0 Å². The monoisotopic (exact) mass is 291 g/mol. The molecule has 7 nitrogen and oxygen atoms in total. The molecule has 1 aromatic rings. The number of ether oxygens (including phenoxy) is 1. The third-order valence-corrected chi connectivity index (χ3v) is 2.64. The summed E-state index contributed by atoms with van der Waals surface area (Å²) in [4.78, 5) is 23.4. The maximum absolute atomic E-state index is 12.0. The van der Waals surface area contributed by atoms with Crippen molar-refractivity contribution in [2.24, 2.45) is 5.73 Å². The van der Waals surface area contributed by atoms with E-state index in [1.807, 2.05) is 0 Å². The highest BCUT2D eigenvalue weighted by Gasteiger charge is 2.24. The minimum atomic E-state index is -1.04. The Morgan fingerprint density at radius 3 is 2.52 bits per heavy atom. The molecule has 1 rings (SSSR count). The number of hydroxylamine groups is 1. The lowest BCUT2D eigenvalue weighted by atomic mass is 10.1. The van der Waals surface area contributed by atoms with E-state index in [1.165, 1.54) is 24.5 Å². The maximum atomic E-state index is 12.0. The summed E-state index contributed by atoms with van der Waals surface area (Å²) >= 11 is 0. The highest BCUT2D eigenvalue weighted by Crippen LogP contribution is 2.12. The predicted molar refractivity (Wildman–Crippen MR) is 75.6 cm³/mol. The van der Waals surface area contributed by atoms with Crippen LogP contribution in [0.25, 0.3) is 0 Å². The van der Waals surface area contributed by atoms with Crippen LogP contribution in [0.3, 0.4) is 0 Å². The molecule has 0 heterocycles. The van der Waals surface area contributed by atoms with Crippen molar-refractivity contribution in [1.29, 1.82) is 0 Å². The van der Waals surface area contributed by atoms with E-state index in [9.17, 15) is 9.59 Å². The molecule has 0 fully saturated rings. The molecule has 0 aliphatic carbocycles. The third-order valence-electron chi connectivity index (χ3n) is 2.64. The average molecular weight is 291 g/mol. The molecule has 112 valence electrons. The fourth-order valence-electron chi connectivity index (χ4n) is 1.56. The van der Waals surface area contributed by atoms with Gasteiger partial charge in [0.25, 0.3) is 11.8 Å². The molecular formula is C14H17N3O4. The van der Waals surface area contributed by atoms with Crippen molar-refractivity contribution in [2.75, 3.05) is 6.61 Å². The summed E-state index contributed by atoms with van der Waals surface area (Å²) in [6, 6.07) is 4.50. The van der Waals surface area contributed by atoms with Gasteiger partial charge in [-0.2, -0.15) is 0 Å². The zero-order chi connectivity index (χ0) is 15.8. The molecule has 0 saturated heterocycles. The van der Waals surface area contributed by atoms with Crippen molar-refractivity contribution in [1.82, 2.24) is 10.8 Å². The Balaban J connectivity index is 2.74. The number of carbonyl (C=O) groups is 2. The van der Waals surface area contributed by atoms with Gasteiger partial charge in [0.05, 0.1) is 0 Å². The molecule has 0 aliphatic rings. The fraction of sp³-hybridized carbons (Fsp3) is 0.286. The fourth-order valence-corrected chi connectivity index (χ4v) is 1.56. The second kappa shape index (κ2) is 7.89. The van der Waals surface area contributed by atoms with Gasteiger partial charge in [0, 0.05) is 11.6 Å². The highest BCUT2D eigenvalue weighted by molar-refractivity contribution is 5.97. The molecule has 0 bridgehead atoms. The van der Waals surface area contributed by atoms with Crippen LogP contribution in [0.1, 0.15) is 17.3 Å². The van der Waals surface area contributed by atoms with E-state index in [-0.39, 0.29) is 6.61 Å². The summed E-state index contributed by atoms with van der Waals surface area (Å²) in [5, 5.41) is 11.1. The van der Waals surface area contributed by atoms with Gasteiger partial charge in [-0.1, -0.05) is 5.92 Å². The van der Waals surface area contributed by atoms with Crippen molar-refractivity contribution in [3.8, 4) is 18.1 Å². The summed E-state index contributed by atoms with van der Waals surface area (Å²) in [5.41, 5.74) is 7.38. The van der Waals surface area contributed by atoms with Gasteiger partial charge in [-0.3, -0.25) is 14.8 Å². The first kappa shape index (κ1) is 16.5. The van der Waals surface area contributed by atoms with Gasteiger partial charge in [-0.25, -0.2) is 5.48 Å². The molecule has 5 N–H and O–H groups in total. The number of carbonyl (C=O) groups excluding carboxylic acids is 2. The summed E-state index contributed by atoms with van der Waals surface area (Å²) in [5.74, 6) is 1.58. The summed E-state index contributed by atoms with van der Waals surface area (Å²) in [6.45, 7) is 1.67. The van der Waals surface area contributed by atoms with Crippen LogP contribution >= 0.6 is 0 Å². The summed E-state index contributed by atoms with van der Waals surface area (Å²) in [6.07, 6.45) is 5.07. The van der Waals surface area contributed by atoms with Crippen LogP contribution in [0, 0.1) is 12.3 Å². The molecule has 0 saturated carbocycles. The number of nitrogens with one attached hydrogen (secondary N) is 2. The van der Waals surface area contributed by atoms with Gasteiger partial charge in [0.2, 0.25) is 0 Å². The molecule has 0 radical (unpaired) electrons. The standard InChI is InChI=1S/C14H17N3O4/c1-3-8-21-11-6-4-10(5-7-11)13(18)16-12(9(2)15)14(19)17-20/h1,4-7,9,12,20H,8,15H2,2H3,(H,16,18)(H,17,19). The van der Waals surface area contributed by atoms with Crippen LogP contribution in [-0.4, -0.2) is 35.7 Å². The highest BCUT2D eigenvalue weighted by atomic mass is 16.5. The van der Waals surface area contributed by atoms with Crippen LogP contribution in [0.5, 0.6) is 5.75 Å². The topological polar surface area (TPSA) is 114 Å². The first-order chi connectivity index (χ1) is 9.99. The number of hydrogen-bond acceptors (Lipinski definition) is 5. The first-order valence-electron chi connectivity index (χ1n) is 6.16. The first-order valence-corrected chi connectivity index (χ1v) is 6.16. The second-order valence-electron chi connectivity index (χ2n) is 4.30. The zero-order valence-electron chi connectivity index (χ0n) is 11.5. The smallest absolute Gasteiger partial charge is 0.267 e. The van der Waals surface area contributed by atoms with Crippen molar-refractivity contribution >= 4 is 11.8 Å². The van der Waals surface area contributed by atoms with E-state index in [0.29, 0.717) is 11.3 Å². The molecule has 2 unspecified atom stereocenters. The molecule has 2 atom stereocenters. The molecule has 21 heavy (non-hydrogen) atoms. The number of nitrogens with two attached hydrogens (primary N) is 1. The predicted octanol–water partition coefficient (Wildman–Crippen LogP) is -0.350. The lowest BCUT2D eigenvalue weighted by Crippen LogP contribution is -2.54. The van der Waals surface area contributed by atoms with Gasteiger partial charge in [0.15, 0.2) is 0 Å². The third kappa shape index (κ3) is 4.80. The maximum Gasteiger partial charge on any atom is 0.267 e. The lowest BCUT2D eigenvalue weighted by Gasteiger charge is -2.20. The SMILES string of the molecule is C#CCOc1ccc(C(=O)NC(C(=O)NO)C(C)N)cc1. The molecule has 1 aromatic carbocycles.